The lowest BCUT2D eigenvalue weighted by Crippen LogP contribution is -2.54. The Balaban J connectivity index is 0.897. The van der Waals surface area contributed by atoms with Crippen molar-refractivity contribution in [2.45, 2.75) is 126 Å². The number of fused-ring (bicyclic) bond motifs is 2. The van der Waals surface area contributed by atoms with Gasteiger partial charge in [-0.1, -0.05) is 38.1 Å². The van der Waals surface area contributed by atoms with Gasteiger partial charge in [-0.25, -0.2) is 17.5 Å². The first kappa shape index (κ1) is 48.5. The Morgan fingerprint density at radius 1 is 1.01 bits per heavy atom. The average molecular weight is 1000 g/mol. The van der Waals surface area contributed by atoms with Gasteiger partial charge < -0.3 is 34.5 Å². The lowest BCUT2D eigenvalue weighted by atomic mass is 9.59. The predicted molar refractivity (Wildman–Crippen MR) is 259 cm³/mol. The number of nitrogens with zero attached hydrogens (tertiary/aromatic N) is 4. The van der Waals surface area contributed by atoms with Crippen LogP contribution in [-0.2, 0) is 10.0 Å². The second kappa shape index (κ2) is 18.8. The summed E-state index contributed by atoms with van der Waals surface area (Å²) >= 11 is 0. The van der Waals surface area contributed by atoms with E-state index in [0.717, 1.165) is 69.5 Å². The largest absolute Gasteiger partial charge is 0.489 e. The van der Waals surface area contributed by atoms with E-state index in [4.69, 9.17) is 9.47 Å². The van der Waals surface area contributed by atoms with Gasteiger partial charge in [-0.2, -0.15) is 13.8 Å². The zero-order valence-electron chi connectivity index (χ0n) is 39.8. The minimum absolute atomic E-state index is 0.00404. The first-order valence-corrected chi connectivity index (χ1v) is 25.9. The van der Waals surface area contributed by atoms with Crippen LogP contribution in [0.4, 0.5) is 30.2 Å². The summed E-state index contributed by atoms with van der Waals surface area (Å²) in [6.45, 7) is 5.36. The normalized spacial score (nSPS) is 23.6. The summed E-state index contributed by atoms with van der Waals surface area (Å²) in [6.07, 6.45) is 9.67. The maximum atomic E-state index is 14.9. The summed E-state index contributed by atoms with van der Waals surface area (Å²) in [5.41, 5.74) is 1.74. The van der Waals surface area contributed by atoms with Gasteiger partial charge in [0.2, 0.25) is 0 Å². The van der Waals surface area contributed by atoms with Crippen LogP contribution < -0.4 is 29.1 Å². The molecule has 0 bridgehead atoms. The van der Waals surface area contributed by atoms with Crippen molar-refractivity contribution in [3.63, 3.8) is 0 Å². The number of pyridine rings is 1. The van der Waals surface area contributed by atoms with Crippen LogP contribution in [0.2, 0.25) is 0 Å². The molecule has 16 nitrogen and oxygen atoms in total. The second-order valence-corrected chi connectivity index (χ2v) is 22.3. The van der Waals surface area contributed by atoms with Crippen molar-refractivity contribution >= 4 is 44.0 Å². The van der Waals surface area contributed by atoms with E-state index in [1.54, 1.807) is 13.0 Å². The fraction of sp³-hybridized carbons (Fsp3) is 0.490. The number of piperidine rings is 1. The average Bonchev–Trinajstić information content (AvgIpc) is 3.96. The molecule has 20 heteroatoms. The van der Waals surface area contributed by atoms with E-state index in [1.165, 1.54) is 23.3 Å². The number of amides is 1. The fourth-order valence-electron chi connectivity index (χ4n) is 11.7. The molecule has 2 saturated carbocycles. The molecule has 4 N–H and O–H groups in total. The van der Waals surface area contributed by atoms with E-state index in [2.05, 4.69) is 67.9 Å². The summed E-state index contributed by atoms with van der Waals surface area (Å²) in [5, 5.41) is 25.9. The van der Waals surface area contributed by atoms with Crippen molar-refractivity contribution in [3.05, 3.63) is 99.5 Å². The molecule has 10 rings (SSSR count). The number of H-pyrrole nitrogens is 1. The summed E-state index contributed by atoms with van der Waals surface area (Å²) < 4.78 is 89.2. The number of aliphatic hydroxyl groups is 1. The van der Waals surface area contributed by atoms with Crippen LogP contribution in [0.1, 0.15) is 118 Å². The van der Waals surface area contributed by atoms with Crippen molar-refractivity contribution in [1.29, 1.82) is 0 Å². The highest BCUT2D eigenvalue weighted by Crippen LogP contribution is 2.54. The van der Waals surface area contributed by atoms with Crippen LogP contribution in [-0.4, -0.2) is 89.8 Å². The van der Waals surface area contributed by atoms with Crippen LogP contribution >= 0.6 is 0 Å². The molecule has 2 saturated heterocycles. The SMILES string of the molecule is CC(C)c1ccccc1[C@H]1CCCN1C1CC2(CCN(c3ccc(C(=O)NS(=O)(=O)c4cc5c(c([N+](=O)[O-])c4)N[C@@H](C4CCC(C)(O)CC4)CO5)c(Oc4cc5c(F)c[nH]c5nc4OC(F)F)c3)CC2)C1. The molecule has 2 atom stereocenters. The quantitative estimate of drug-likeness (QED) is 0.0642. The molecule has 3 aliphatic heterocycles. The van der Waals surface area contributed by atoms with Gasteiger partial charge >= 0.3 is 6.61 Å². The zero-order chi connectivity index (χ0) is 50.0. The Kier molecular flexibility index (Phi) is 12.8. The molecule has 1 amide bonds. The molecular formula is C51H58F3N7O9S. The number of benzene rings is 3. The molecule has 5 heterocycles. The smallest absolute Gasteiger partial charge is 0.388 e. The number of carbonyl (C=O) groups excluding carboxylic acids is 1. The number of sulfonamides is 1. The van der Waals surface area contributed by atoms with E-state index in [9.17, 15) is 41.6 Å². The van der Waals surface area contributed by atoms with Crippen LogP contribution in [0.5, 0.6) is 23.1 Å². The maximum absolute atomic E-state index is 14.9. The number of anilines is 2. The lowest BCUT2D eigenvalue weighted by molar-refractivity contribution is -0.384. The third-order valence-corrected chi connectivity index (χ3v) is 17.0. The Hall–Kier alpha value is -6.12. The third-order valence-electron chi connectivity index (χ3n) is 15.7. The van der Waals surface area contributed by atoms with Crippen LogP contribution in [0.15, 0.2) is 71.8 Å². The van der Waals surface area contributed by atoms with Crippen molar-refractivity contribution in [3.8, 4) is 23.1 Å². The number of aromatic nitrogens is 2. The molecule has 0 radical (unpaired) electrons. The number of halogens is 3. The van der Waals surface area contributed by atoms with E-state index in [0.29, 0.717) is 62.5 Å². The molecule has 378 valence electrons. The van der Waals surface area contributed by atoms with Crippen molar-refractivity contribution in [1.82, 2.24) is 19.6 Å². The van der Waals surface area contributed by atoms with Gasteiger partial charge in [0.25, 0.3) is 27.5 Å². The van der Waals surface area contributed by atoms with Crippen molar-refractivity contribution in [2.24, 2.45) is 11.3 Å². The van der Waals surface area contributed by atoms with E-state index in [1.807, 2.05) is 4.72 Å². The lowest BCUT2D eigenvalue weighted by Gasteiger charge is -2.56. The number of rotatable bonds is 13. The van der Waals surface area contributed by atoms with Crippen molar-refractivity contribution < 1.29 is 50.6 Å². The maximum Gasteiger partial charge on any atom is 0.388 e. The molecular weight excluding hydrogens is 944 g/mol. The summed E-state index contributed by atoms with van der Waals surface area (Å²) in [7, 11) is -4.86. The molecule has 5 aromatic rings. The third kappa shape index (κ3) is 9.69. The Morgan fingerprint density at radius 3 is 2.48 bits per heavy atom. The summed E-state index contributed by atoms with van der Waals surface area (Å²) in [4.78, 5) is 36.6. The van der Waals surface area contributed by atoms with Crippen molar-refractivity contribution in [2.75, 3.05) is 36.5 Å². The van der Waals surface area contributed by atoms with Gasteiger partial charge in [0.05, 0.1) is 32.4 Å². The number of nitro benzene ring substituents is 1. The molecule has 3 aromatic carbocycles. The number of nitro groups is 1. The first-order valence-electron chi connectivity index (χ1n) is 24.4. The predicted octanol–water partition coefficient (Wildman–Crippen LogP) is 9.95. The zero-order valence-corrected chi connectivity index (χ0v) is 40.6. The Labute approximate surface area is 409 Å². The topological polar surface area (TPSA) is 201 Å². The molecule has 2 aromatic heterocycles. The first-order chi connectivity index (χ1) is 33.9. The van der Waals surface area contributed by atoms with Crippen LogP contribution in [0.25, 0.3) is 11.0 Å². The van der Waals surface area contributed by atoms with E-state index in [-0.39, 0.29) is 57.8 Å². The van der Waals surface area contributed by atoms with Gasteiger partial charge in [0.15, 0.2) is 17.2 Å². The van der Waals surface area contributed by atoms with Gasteiger partial charge in [0, 0.05) is 61.3 Å². The monoisotopic (exact) mass is 1000 g/mol. The number of alkyl halides is 2. The van der Waals surface area contributed by atoms with Crippen LogP contribution in [0.3, 0.4) is 0 Å². The van der Waals surface area contributed by atoms with E-state index >= 15 is 0 Å². The molecule has 71 heavy (non-hydrogen) atoms. The standard InChI is InChI=1S/C51H58F3N7O9S/c1-29(2)34-7-4-5-8-35(34)40-9-6-18-60(40)32-25-51(26-32)16-19-59(20-17-51)31-10-11-36(42(21-31)69-44-24-37-38(52)27-55-46(37)57-48(44)70-49(53)54)47(62)58-71(66,67)33-22-41(61(64)65)45-43(23-33)68-28-39(56-45)30-12-14-50(3,63)15-13-30/h4-5,7-8,10-11,21-24,27,29-30,32,39-40,49,56,63H,6,9,12-20,25-26,28H2,1-3H3,(H,55,57)(H,58,62)/t30?,39-,40-,50?/m1/s1. The number of ether oxygens (including phenoxy) is 3. The minimum atomic E-state index is -4.86. The Morgan fingerprint density at radius 2 is 1.76 bits per heavy atom. The second-order valence-electron chi connectivity index (χ2n) is 20.6. The van der Waals surface area contributed by atoms with Gasteiger partial charge in [-0.3, -0.25) is 19.8 Å². The summed E-state index contributed by atoms with van der Waals surface area (Å²) in [6, 6.07) is 16.8. The highest BCUT2D eigenvalue weighted by molar-refractivity contribution is 7.90. The van der Waals surface area contributed by atoms with Gasteiger partial charge in [-0.15, -0.1) is 0 Å². The number of hydrogen-bond donors (Lipinski definition) is 4. The number of nitrogens with one attached hydrogen (secondary N) is 3. The van der Waals surface area contributed by atoms with E-state index < -0.39 is 61.1 Å². The highest BCUT2D eigenvalue weighted by atomic mass is 32.2. The number of aromatic amines is 1. The highest BCUT2D eigenvalue weighted by Gasteiger charge is 2.50. The summed E-state index contributed by atoms with van der Waals surface area (Å²) in [5.74, 6) is -3.09. The minimum Gasteiger partial charge on any atom is -0.489 e. The molecule has 0 unspecified atom stereocenters. The number of carbonyl (C=O) groups is 1. The van der Waals surface area contributed by atoms with Crippen LogP contribution in [0, 0.1) is 27.3 Å². The number of hydrogen-bond acceptors (Lipinski definition) is 13. The fourth-order valence-corrected chi connectivity index (χ4v) is 12.7. The molecule has 4 fully saturated rings. The molecule has 1 spiro atoms. The van der Waals surface area contributed by atoms with Gasteiger partial charge in [-0.05, 0) is 118 Å². The molecule has 2 aliphatic carbocycles. The van der Waals surface area contributed by atoms with Gasteiger partial charge in [0.1, 0.15) is 23.8 Å². The number of likely N-dealkylation sites (tertiary alicyclic amines) is 1. The Bertz CT molecular complexity index is 2960. The molecule has 5 aliphatic rings.